The summed E-state index contributed by atoms with van der Waals surface area (Å²) in [6.07, 6.45) is 3.01. The van der Waals surface area contributed by atoms with Crippen molar-refractivity contribution in [3.05, 3.63) is 35.4 Å². The monoisotopic (exact) mass is 333 g/mol. The van der Waals surface area contributed by atoms with Crippen LogP contribution >= 0.6 is 0 Å². The van der Waals surface area contributed by atoms with Gasteiger partial charge in [0, 0.05) is 5.56 Å². The summed E-state index contributed by atoms with van der Waals surface area (Å²) in [4.78, 5) is 0. The zero-order chi connectivity index (χ0) is 18.4. The highest BCUT2D eigenvalue weighted by atomic mass is 16.5. The molecule has 0 saturated carbocycles. The second-order valence-corrected chi connectivity index (χ2v) is 8.53. The van der Waals surface area contributed by atoms with Crippen LogP contribution in [-0.2, 0) is 17.6 Å². The van der Waals surface area contributed by atoms with Crippen LogP contribution in [-0.4, -0.2) is 48.9 Å². The molecular formula is C20H36BNO2+. The molecule has 0 heterocycles. The third-order valence-corrected chi connectivity index (χ3v) is 4.86. The SMILES string of the molecule is CCC[N+](C)(C)Cc1ccc(CC[B]OC(C)(C)C(C)(C)O)cc1. The Balaban J connectivity index is 2.43. The molecule has 24 heavy (non-hydrogen) atoms. The summed E-state index contributed by atoms with van der Waals surface area (Å²) in [5, 5.41) is 10.1. The molecule has 1 aromatic carbocycles. The van der Waals surface area contributed by atoms with Gasteiger partial charge in [-0.05, 0) is 52.4 Å². The van der Waals surface area contributed by atoms with Crippen LogP contribution < -0.4 is 0 Å². The Morgan fingerprint density at radius 1 is 1.04 bits per heavy atom. The van der Waals surface area contributed by atoms with E-state index in [-0.39, 0.29) is 0 Å². The Hall–Kier alpha value is -0.835. The van der Waals surface area contributed by atoms with Gasteiger partial charge in [-0.25, -0.2) is 0 Å². The van der Waals surface area contributed by atoms with Crippen LogP contribution in [0, 0.1) is 0 Å². The fourth-order valence-corrected chi connectivity index (χ4v) is 2.63. The average Bonchev–Trinajstić information content (AvgIpc) is 2.43. The molecule has 0 saturated heterocycles. The zero-order valence-corrected chi connectivity index (χ0v) is 16.7. The van der Waals surface area contributed by atoms with Crippen LogP contribution in [0.5, 0.6) is 0 Å². The van der Waals surface area contributed by atoms with E-state index in [0.717, 1.165) is 23.8 Å². The van der Waals surface area contributed by atoms with Crippen molar-refractivity contribution in [3.63, 3.8) is 0 Å². The van der Waals surface area contributed by atoms with Crippen LogP contribution in [0.25, 0.3) is 0 Å². The highest BCUT2D eigenvalue weighted by Crippen LogP contribution is 2.24. The molecule has 0 aliphatic rings. The summed E-state index contributed by atoms with van der Waals surface area (Å²) >= 11 is 0. The lowest BCUT2D eigenvalue weighted by Gasteiger charge is -2.37. The van der Waals surface area contributed by atoms with Crippen molar-refractivity contribution in [1.29, 1.82) is 0 Å². The first-order valence-corrected chi connectivity index (χ1v) is 9.08. The number of quaternary nitrogens is 1. The van der Waals surface area contributed by atoms with E-state index in [9.17, 15) is 5.11 Å². The Morgan fingerprint density at radius 3 is 2.08 bits per heavy atom. The molecule has 4 heteroatoms. The molecule has 0 aliphatic heterocycles. The van der Waals surface area contributed by atoms with Crippen molar-refractivity contribution in [2.75, 3.05) is 20.6 Å². The lowest BCUT2D eigenvalue weighted by Crippen LogP contribution is -2.48. The molecule has 0 bridgehead atoms. The molecule has 3 nitrogen and oxygen atoms in total. The molecular weight excluding hydrogens is 297 g/mol. The van der Waals surface area contributed by atoms with Gasteiger partial charge in [0.05, 0.1) is 31.8 Å². The summed E-state index contributed by atoms with van der Waals surface area (Å²) in [7, 11) is 6.40. The van der Waals surface area contributed by atoms with Crippen molar-refractivity contribution < 1.29 is 14.2 Å². The normalized spacial score (nSPS) is 13.2. The van der Waals surface area contributed by atoms with Crippen molar-refractivity contribution in [2.24, 2.45) is 0 Å². The summed E-state index contributed by atoms with van der Waals surface area (Å²) < 4.78 is 6.79. The minimum Gasteiger partial charge on any atom is -0.433 e. The quantitative estimate of drug-likeness (QED) is 0.401. The highest BCUT2D eigenvalue weighted by Gasteiger charge is 2.35. The molecule has 0 fully saturated rings. The molecule has 0 amide bonds. The smallest absolute Gasteiger partial charge is 0.293 e. The van der Waals surface area contributed by atoms with Crippen LogP contribution in [0.15, 0.2) is 24.3 Å². The summed E-state index contributed by atoms with van der Waals surface area (Å²) in [5.41, 5.74) is 1.26. The van der Waals surface area contributed by atoms with Gasteiger partial charge < -0.3 is 14.2 Å². The summed E-state index contributed by atoms with van der Waals surface area (Å²) in [5.74, 6) is 0. The van der Waals surface area contributed by atoms with E-state index < -0.39 is 11.2 Å². The Morgan fingerprint density at radius 2 is 1.58 bits per heavy atom. The maximum Gasteiger partial charge on any atom is 0.293 e. The molecule has 1 radical (unpaired) electrons. The maximum atomic E-state index is 10.1. The summed E-state index contributed by atoms with van der Waals surface area (Å²) in [6.45, 7) is 11.9. The lowest BCUT2D eigenvalue weighted by molar-refractivity contribution is -0.903. The first-order valence-electron chi connectivity index (χ1n) is 9.08. The van der Waals surface area contributed by atoms with E-state index in [2.05, 4.69) is 45.3 Å². The van der Waals surface area contributed by atoms with Gasteiger partial charge in [-0.2, -0.15) is 0 Å². The molecule has 1 N–H and O–H groups in total. The van der Waals surface area contributed by atoms with Crippen molar-refractivity contribution in [3.8, 4) is 0 Å². The molecule has 0 unspecified atom stereocenters. The van der Waals surface area contributed by atoms with E-state index in [4.69, 9.17) is 4.65 Å². The number of rotatable bonds is 10. The zero-order valence-electron chi connectivity index (χ0n) is 16.7. The Labute approximate surface area is 149 Å². The van der Waals surface area contributed by atoms with Crippen LogP contribution in [0.2, 0.25) is 6.32 Å². The molecule has 1 aromatic rings. The van der Waals surface area contributed by atoms with Crippen LogP contribution in [0.3, 0.4) is 0 Å². The topological polar surface area (TPSA) is 29.5 Å². The van der Waals surface area contributed by atoms with Crippen molar-refractivity contribution in [1.82, 2.24) is 0 Å². The van der Waals surface area contributed by atoms with Gasteiger partial charge in [0.15, 0.2) is 0 Å². The van der Waals surface area contributed by atoms with Gasteiger partial charge in [-0.3, -0.25) is 0 Å². The second-order valence-electron chi connectivity index (χ2n) is 8.53. The number of aliphatic hydroxyl groups is 1. The first-order chi connectivity index (χ1) is 11.0. The maximum absolute atomic E-state index is 10.1. The predicted molar refractivity (Wildman–Crippen MR) is 103 cm³/mol. The van der Waals surface area contributed by atoms with E-state index in [1.807, 2.05) is 21.3 Å². The van der Waals surface area contributed by atoms with Gasteiger partial charge in [0.25, 0.3) is 7.48 Å². The van der Waals surface area contributed by atoms with E-state index in [1.165, 1.54) is 24.1 Å². The minimum absolute atomic E-state index is 0.584. The van der Waals surface area contributed by atoms with Gasteiger partial charge in [-0.1, -0.05) is 31.2 Å². The molecule has 135 valence electrons. The third kappa shape index (κ3) is 6.96. The summed E-state index contributed by atoms with van der Waals surface area (Å²) in [6, 6.07) is 8.92. The van der Waals surface area contributed by atoms with Gasteiger partial charge in [0.2, 0.25) is 0 Å². The molecule has 0 aromatic heterocycles. The average molecular weight is 333 g/mol. The second kappa shape index (κ2) is 8.51. The first kappa shape index (κ1) is 21.2. The fourth-order valence-electron chi connectivity index (χ4n) is 2.63. The third-order valence-electron chi connectivity index (χ3n) is 4.86. The Kier molecular flexibility index (Phi) is 7.52. The van der Waals surface area contributed by atoms with Crippen molar-refractivity contribution >= 4 is 7.48 Å². The van der Waals surface area contributed by atoms with Crippen LogP contribution in [0.4, 0.5) is 0 Å². The minimum atomic E-state index is -0.866. The molecule has 0 spiro atoms. The number of aryl methyl sites for hydroxylation is 1. The molecule has 1 rings (SSSR count). The predicted octanol–water partition coefficient (Wildman–Crippen LogP) is 3.82. The van der Waals surface area contributed by atoms with Gasteiger partial charge in [-0.15, -0.1) is 0 Å². The number of nitrogens with zero attached hydrogens (tertiary/aromatic N) is 1. The Bertz CT molecular complexity index is 489. The number of hydrogen-bond donors (Lipinski definition) is 1. The molecule has 0 atom stereocenters. The standard InChI is InChI=1S/C20H36BNO2/c1-8-15-22(6,7)16-18-11-9-17(10-12-18)13-14-21-24-20(4,5)19(2,3)23/h9-12,23H,8,13-16H2,1-7H3/q+1. The number of benzene rings is 1. The van der Waals surface area contributed by atoms with Crippen LogP contribution in [0.1, 0.15) is 52.2 Å². The fraction of sp³-hybridized carbons (Fsp3) is 0.700. The van der Waals surface area contributed by atoms with Crippen molar-refractivity contribution in [2.45, 2.75) is 71.5 Å². The van der Waals surface area contributed by atoms with E-state index >= 15 is 0 Å². The molecule has 0 aliphatic carbocycles. The lowest BCUT2D eigenvalue weighted by atomic mass is 9.84. The van der Waals surface area contributed by atoms with Gasteiger partial charge >= 0.3 is 0 Å². The largest absolute Gasteiger partial charge is 0.433 e. The highest BCUT2D eigenvalue weighted by molar-refractivity contribution is 6.27. The van der Waals surface area contributed by atoms with E-state index in [1.54, 1.807) is 13.8 Å². The van der Waals surface area contributed by atoms with E-state index in [0.29, 0.717) is 0 Å². The van der Waals surface area contributed by atoms with Gasteiger partial charge in [0.1, 0.15) is 6.54 Å². The number of hydrogen-bond acceptors (Lipinski definition) is 2.